The van der Waals surface area contributed by atoms with E-state index in [0.717, 1.165) is 0 Å². The maximum atomic E-state index is 11.4. The zero-order chi connectivity index (χ0) is 11.2. The number of amides is 1. The molecule has 0 radical (unpaired) electrons. The molecule has 0 spiro atoms. The number of phenolic OH excluding ortho intramolecular Hbond substituents is 2. The highest BCUT2D eigenvalue weighted by Crippen LogP contribution is 2.44. The summed E-state index contributed by atoms with van der Waals surface area (Å²) in [4.78, 5) is 11.4. The number of carbonyl (C=O) groups excluding carboxylic acids is 1. The molecule has 0 saturated carbocycles. The van der Waals surface area contributed by atoms with Crippen LogP contribution in [0.2, 0.25) is 0 Å². The third-order valence-electron chi connectivity index (χ3n) is 2.52. The molecule has 5 nitrogen and oxygen atoms in total. The van der Waals surface area contributed by atoms with E-state index in [0.29, 0.717) is 11.1 Å². The highest BCUT2D eigenvalue weighted by Gasteiger charge is 2.31. The average Bonchev–Trinajstić information content (AvgIpc) is 2.47. The minimum Gasteiger partial charge on any atom is -0.504 e. The summed E-state index contributed by atoms with van der Waals surface area (Å²) in [6.45, 7) is 1.73. The van der Waals surface area contributed by atoms with Crippen molar-refractivity contribution < 1.29 is 19.7 Å². The Morgan fingerprint density at radius 1 is 1.40 bits per heavy atom. The number of rotatable bonds is 1. The van der Waals surface area contributed by atoms with E-state index < -0.39 is 0 Å². The van der Waals surface area contributed by atoms with Gasteiger partial charge in [-0.1, -0.05) is 0 Å². The van der Waals surface area contributed by atoms with Crippen LogP contribution in [0.3, 0.4) is 0 Å². The third-order valence-corrected chi connectivity index (χ3v) is 2.52. The van der Waals surface area contributed by atoms with Gasteiger partial charge < -0.3 is 20.3 Å². The van der Waals surface area contributed by atoms with E-state index in [4.69, 9.17) is 4.74 Å². The molecule has 0 saturated heterocycles. The Hall–Kier alpha value is -1.91. The number of ether oxygens (including phenoxy) is 1. The predicted molar refractivity (Wildman–Crippen MR) is 52.2 cm³/mol. The number of hydrogen-bond donors (Lipinski definition) is 3. The van der Waals surface area contributed by atoms with E-state index in [9.17, 15) is 15.0 Å². The zero-order valence-corrected chi connectivity index (χ0v) is 8.37. The summed E-state index contributed by atoms with van der Waals surface area (Å²) in [6, 6.07) is 1.12. The first kappa shape index (κ1) is 9.64. The standard InChI is InChI=1S/C10H11NO4/c1-4-7-5(10(14)11-4)3-6(15-2)8(12)9(7)13/h3-4,12-13H,1-2H3,(H,11,14)/t4-/m0/s1. The molecule has 1 aliphatic rings. The molecule has 1 atom stereocenters. The first-order valence-electron chi connectivity index (χ1n) is 4.50. The second-order valence-electron chi connectivity index (χ2n) is 3.43. The lowest BCUT2D eigenvalue weighted by Crippen LogP contribution is -2.16. The second kappa shape index (κ2) is 3.05. The quantitative estimate of drug-likeness (QED) is 0.601. The summed E-state index contributed by atoms with van der Waals surface area (Å²) < 4.78 is 4.84. The summed E-state index contributed by atoms with van der Waals surface area (Å²) in [7, 11) is 1.36. The van der Waals surface area contributed by atoms with Crippen LogP contribution in [0, 0.1) is 0 Å². The van der Waals surface area contributed by atoms with Crippen molar-refractivity contribution in [1.29, 1.82) is 0 Å². The van der Waals surface area contributed by atoms with Crippen LogP contribution in [0.25, 0.3) is 0 Å². The van der Waals surface area contributed by atoms with Crippen molar-refractivity contribution in [2.75, 3.05) is 7.11 Å². The van der Waals surface area contributed by atoms with Gasteiger partial charge in [-0.3, -0.25) is 4.79 Å². The van der Waals surface area contributed by atoms with Gasteiger partial charge in [0.05, 0.1) is 18.7 Å². The van der Waals surface area contributed by atoms with Crippen molar-refractivity contribution in [3.63, 3.8) is 0 Å². The Morgan fingerprint density at radius 2 is 2.07 bits per heavy atom. The van der Waals surface area contributed by atoms with Gasteiger partial charge in [-0.05, 0) is 13.0 Å². The van der Waals surface area contributed by atoms with Crippen LogP contribution in [0.5, 0.6) is 17.2 Å². The number of benzene rings is 1. The summed E-state index contributed by atoms with van der Waals surface area (Å²) in [5.74, 6) is -0.809. The smallest absolute Gasteiger partial charge is 0.252 e. The summed E-state index contributed by atoms with van der Waals surface area (Å²) >= 11 is 0. The van der Waals surface area contributed by atoms with Crippen LogP contribution in [0.1, 0.15) is 28.9 Å². The van der Waals surface area contributed by atoms with Crippen molar-refractivity contribution in [3.05, 3.63) is 17.2 Å². The number of hydrogen-bond acceptors (Lipinski definition) is 4. The van der Waals surface area contributed by atoms with E-state index in [2.05, 4.69) is 5.32 Å². The van der Waals surface area contributed by atoms with Gasteiger partial charge in [0.2, 0.25) is 5.75 Å². The molecule has 0 aliphatic carbocycles. The maximum Gasteiger partial charge on any atom is 0.252 e. The van der Waals surface area contributed by atoms with Crippen LogP contribution in [-0.2, 0) is 0 Å². The highest BCUT2D eigenvalue weighted by atomic mass is 16.5. The van der Waals surface area contributed by atoms with E-state index in [1.54, 1.807) is 6.92 Å². The lowest BCUT2D eigenvalue weighted by atomic mass is 10.0. The van der Waals surface area contributed by atoms with Crippen molar-refractivity contribution in [3.8, 4) is 17.2 Å². The summed E-state index contributed by atoms with van der Waals surface area (Å²) in [5.41, 5.74) is 0.757. The van der Waals surface area contributed by atoms with Gasteiger partial charge in [-0.25, -0.2) is 0 Å². The Labute approximate surface area is 86.3 Å². The van der Waals surface area contributed by atoms with Gasteiger partial charge in [0.25, 0.3) is 5.91 Å². The summed E-state index contributed by atoms with van der Waals surface area (Å²) in [5, 5.41) is 21.9. The SMILES string of the molecule is COc1cc2c(c(O)c1O)[C@H](C)NC2=O. The van der Waals surface area contributed by atoms with Crippen LogP contribution in [0.15, 0.2) is 6.07 Å². The molecule has 1 aromatic rings. The minimum atomic E-state index is -0.334. The average molecular weight is 209 g/mol. The van der Waals surface area contributed by atoms with Crippen LogP contribution < -0.4 is 10.1 Å². The molecular formula is C10H11NO4. The third kappa shape index (κ3) is 1.20. The largest absolute Gasteiger partial charge is 0.504 e. The number of carbonyl (C=O) groups is 1. The number of fused-ring (bicyclic) bond motifs is 1. The van der Waals surface area contributed by atoms with Gasteiger partial charge in [0, 0.05) is 5.56 Å². The number of methoxy groups -OCH3 is 1. The van der Waals surface area contributed by atoms with Crippen molar-refractivity contribution in [1.82, 2.24) is 5.32 Å². The van der Waals surface area contributed by atoms with Gasteiger partial charge in [0.1, 0.15) is 0 Å². The molecule has 5 heteroatoms. The Kier molecular flexibility index (Phi) is 1.96. The van der Waals surface area contributed by atoms with E-state index in [1.807, 2.05) is 0 Å². The monoisotopic (exact) mass is 209 g/mol. The molecule has 1 heterocycles. The normalized spacial score (nSPS) is 18.5. The van der Waals surface area contributed by atoms with Crippen LogP contribution >= 0.6 is 0 Å². The van der Waals surface area contributed by atoms with Gasteiger partial charge in [-0.2, -0.15) is 0 Å². The highest BCUT2D eigenvalue weighted by molar-refractivity contribution is 6.01. The second-order valence-corrected chi connectivity index (χ2v) is 3.43. The Morgan fingerprint density at radius 3 is 2.67 bits per heavy atom. The fourth-order valence-corrected chi connectivity index (χ4v) is 1.78. The molecule has 2 rings (SSSR count). The first-order valence-corrected chi connectivity index (χ1v) is 4.50. The number of phenols is 2. The van der Waals surface area contributed by atoms with Crippen molar-refractivity contribution in [2.24, 2.45) is 0 Å². The van der Waals surface area contributed by atoms with E-state index >= 15 is 0 Å². The number of nitrogens with one attached hydrogen (secondary N) is 1. The Bertz CT molecular complexity index is 442. The molecule has 0 aromatic heterocycles. The molecule has 0 bridgehead atoms. The fraction of sp³-hybridized carbons (Fsp3) is 0.300. The lowest BCUT2D eigenvalue weighted by Gasteiger charge is -2.10. The molecule has 0 unspecified atom stereocenters. The zero-order valence-electron chi connectivity index (χ0n) is 8.37. The molecule has 1 aliphatic heterocycles. The molecular weight excluding hydrogens is 198 g/mol. The minimum absolute atomic E-state index is 0.0931. The molecule has 15 heavy (non-hydrogen) atoms. The fourth-order valence-electron chi connectivity index (χ4n) is 1.78. The molecule has 3 N–H and O–H groups in total. The molecule has 1 aromatic carbocycles. The van der Waals surface area contributed by atoms with E-state index in [1.165, 1.54) is 13.2 Å². The Balaban J connectivity index is 2.71. The predicted octanol–water partition coefficient (Wildman–Crippen LogP) is 0.911. The van der Waals surface area contributed by atoms with Crippen LogP contribution in [-0.4, -0.2) is 23.2 Å². The summed E-state index contributed by atoms with van der Waals surface area (Å²) in [6.07, 6.45) is 0. The topological polar surface area (TPSA) is 78.8 Å². The van der Waals surface area contributed by atoms with Crippen molar-refractivity contribution in [2.45, 2.75) is 13.0 Å². The van der Waals surface area contributed by atoms with Gasteiger partial charge >= 0.3 is 0 Å². The molecule has 0 fully saturated rings. The van der Waals surface area contributed by atoms with Gasteiger partial charge in [0.15, 0.2) is 11.5 Å². The van der Waals surface area contributed by atoms with Gasteiger partial charge in [-0.15, -0.1) is 0 Å². The van der Waals surface area contributed by atoms with Crippen molar-refractivity contribution >= 4 is 5.91 Å². The first-order chi connectivity index (χ1) is 7.06. The molecule has 1 amide bonds. The molecule has 80 valence electrons. The lowest BCUT2D eigenvalue weighted by molar-refractivity contribution is 0.0958. The maximum absolute atomic E-state index is 11.4. The number of aromatic hydroxyl groups is 2. The van der Waals surface area contributed by atoms with E-state index in [-0.39, 0.29) is 29.2 Å². The van der Waals surface area contributed by atoms with Crippen LogP contribution in [0.4, 0.5) is 0 Å².